The smallest absolute Gasteiger partial charge is 0.182 e. The zero-order valence-electron chi connectivity index (χ0n) is 6.92. The summed E-state index contributed by atoms with van der Waals surface area (Å²) in [6, 6.07) is 0.808. The molecule has 1 fully saturated rings. The molecule has 0 bridgehead atoms. The van der Waals surface area contributed by atoms with E-state index < -0.39 is 0 Å². The first-order valence-electron chi connectivity index (χ1n) is 4.32. The van der Waals surface area contributed by atoms with Crippen LogP contribution >= 0.6 is 11.3 Å². The normalized spacial score (nSPS) is 16.3. The summed E-state index contributed by atoms with van der Waals surface area (Å²) in [7, 11) is 0. The Labute approximate surface area is 76.2 Å². The average molecular weight is 183 g/mol. The summed E-state index contributed by atoms with van der Waals surface area (Å²) in [6.45, 7) is 2.02. The van der Waals surface area contributed by atoms with Gasteiger partial charge in [-0.3, -0.25) is 0 Å². The molecule has 66 valence electrons. The van der Waals surface area contributed by atoms with Crippen LogP contribution < -0.4 is 10.6 Å². The lowest BCUT2D eigenvalue weighted by Gasteiger charge is -2.02. The van der Waals surface area contributed by atoms with Gasteiger partial charge in [0.25, 0.3) is 0 Å². The van der Waals surface area contributed by atoms with E-state index in [1.54, 1.807) is 11.3 Å². The molecule has 3 nitrogen and oxygen atoms in total. The van der Waals surface area contributed by atoms with Gasteiger partial charge in [0.15, 0.2) is 5.13 Å². The molecule has 0 aliphatic heterocycles. The van der Waals surface area contributed by atoms with Crippen molar-refractivity contribution in [1.82, 2.24) is 10.3 Å². The van der Waals surface area contributed by atoms with Crippen molar-refractivity contribution in [2.45, 2.75) is 18.9 Å². The predicted molar refractivity (Wildman–Crippen MR) is 51.6 cm³/mol. The van der Waals surface area contributed by atoms with E-state index in [4.69, 9.17) is 0 Å². The van der Waals surface area contributed by atoms with Crippen LogP contribution in [0.15, 0.2) is 11.6 Å². The number of nitrogens with zero attached hydrogens (tertiary/aromatic N) is 1. The molecule has 0 amide bonds. The van der Waals surface area contributed by atoms with Gasteiger partial charge >= 0.3 is 0 Å². The van der Waals surface area contributed by atoms with Crippen LogP contribution in [0, 0.1) is 0 Å². The molecule has 0 saturated heterocycles. The van der Waals surface area contributed by atoms with E-state index in [9.17, 15) is 0 Å². The number of nitrogens with one attached hydrogen (secondary N) is 2. The first-order valence-corrected chi connectivity index (χ1v) is 5.20. The molecule has 1 heterocycles. The van der Waals surface area contributed by atoms with Crippen LogP contribution in [-0.2, 0) is 0 Å². The number of hydrogen-bond donors (Lipinski definition) is 2. The van der Waals surface area contributed by atoms with Crippen molar-refractivity contribution in [2.24, 2.45) is 0 Å². The Balaban J connectivity index is 1.56. The minimum Gasteiger partial charge on any atom is -0.360 e. The fraction of sp³-hybridized carbons (Fsp3) is 0.625. The van der Waals surface area contributed by atoms with Gasteiger partial charge in [0, 0.05) is 30.7 Å². The maximum Gasteiger partial charge on any atom is 0.182 e. The van der Waals surface area contributed by atoms with E-state index in [2.05, 4.69) is 15.6 Å². The molecule has 2 N–H and O–H groups in total. The van der Waals surface area contributed by atoms with E-state index in [1.807, 2.05) is 11.6 Å². The molecule has 1 aromatic rings. The first kappa shape index (κ1) is 8.01. The molecular formula is C8H13N3S. The highest BCUT2D eigenvalue weighted by molar-refractivity contribution is 7.13. The molecule has 4 heteroatoms. The molecule has 0 atom stereocenters. The van der Waals surface area contributed by atoms with E-state index >= 15 is 0 Å². The fourth-order valence-corrected chi connectivity index (χ4v) is 1.60. The van der Waals surface area contributed by atoms with E-state index in [0.29, 0.717) is 0 Å². The lowest BCUT2D eigenvalue weighted by molar-refractivity contribution is 0.701. The minimum absolute atomic E-state index is 0.808. The van der Waals surface area contributed by atoms with Crippen molar-refractivity contribution < 1.29 is 0 Å². The van der Waals surface area contributed by atoms with Crippen molar-refractivity contribution in [3.8, 4) is 0 Å². The lowest BCUT2D eigenvalue weighted by Crippen LogP contribution is -2.23. The number of anilines is 1. The second-order valence-corrected chi connectivity index (χ2v) is 3.89. The maximum absolute atomic E-state index is 4.13. The molecule has 0 aromatic carbocycles. The molecule has 12 heavy (non-hydrogen) atoms. The molecule has 1 aromatic heterocycles. The van der Waals surface area contributed by atoms with Gasteiger partial charge in [-0.05, 0) is 12.8 Å². The van der Waals surface area contributed by atoms with Gasteiger partial charge < -0.3 is 10.6 Å². The third kappa shape index (κ3) is 2.46. The van der Waals surface area contributed by atoms with Crippen molar-refractivity contribution in [3.63, 3.8) is 0 Å². The summed E-state index contributed by atoms with van der Waals surface area (Å²) in [5, 5.41) is 9.69. The lowest BCUT2D eigenvalue weighted by atomic mass is 10.6. The highest BCUT2D eigenvalue weighted by Crippen LogP contribution is 2.18. The Bertz CT molecular complexity index is 218. The monoisotopic (exact) mass is 183 g/mol. The number of thiazole rings is 1. The molecule has 0 radical (unpaired) electrons. The summed E-state index contributed by atoms with van der Waals surface area (Å²) in [6.07, 6.45) is 4.54. The summed E-state index contributed by atoms with van der Waals surface area (Å²) in [4.78, 5) is 4.13. The van der Waals surface area contributed by atoms with Gasteiger partial charge in [-0.25, -0.2) is 4.98 Å². The molecule has 2 rings (SSSR count). The standard InChI is InChI=1S/C8H13N3S/c1-2-7(1)9-3-4-10-8-11-5-6-12-8/h5-7,9H,1-4H2,(H,10,11). The molecule has 0 spiro atoms. The quantitative estimate of drug-likeness (QED) is 0.676. The van der Waals surface area contributed by atoms with Crippen molar-refractivity contribution >= 4 is 16.5 Å². The maximum atomic E-state index is 4.13. The largest absolute Gasteiger partial charge is 0.360 e. The van der Waals surface area contributed by atoms with Crippen molar-refractivity contribution in [3.05, 3.63) is 11.6 Å². The summed E-state index contributed by atoms with van der Waals surface area (Å²) in [5.74, 6) is 0. The third-order valence-electron chi connectivity index (χ3n) is 1.84. The summed E-state index contributed by atoms with van der Waals surface area (Å²) >= 11 is 1.65. The van der Waals surface area contributed by atoms with Crippen LogP contribution in [0.1, 0.15) is 12.8 Å². The molecule has 1 aliphatic rings. The molecule has 1 saturated carbocycles. The van der Waals surface area contributed by atoms with Crippen molar-refractivity contribution in [1.29, 1.82) is 0 Å². The minimum atomic E-state index is 0.808. The van der Waals surface area contributed by atoms with E-state index in [1.165, 1.54) is 12.8 Å². The van der Waals surface area contributed by atoms with Gasteiger partial charge in [0.2, 0.25) is 0 Å². The Morgan fingerprint density at radius 2 is 2.42 bits per heavy atom. The Kier molecular flexibility index (Phi) is 2.58. The molecule has 1 aliphatic carbocycles. The Morgan fingerprint density at radius 1 is 1.50 bits per heavy atom. The van der Waals surface area contributed by atoms with Gasteiger partial charge in [-0.2, -0.15) is 0 Å². The van der Waals surface area contributed by atoms with Crippen LogP contribution in [0.3, 0.4) is 0 Å². The van der Waals surface area contributed by atoms with Crippen LogP contribution in [0.25, 0.3) is 0 Å². The number of hydrogen-bond acceptors (Lipinski definition) is 4. The van der Waals surface area contributed by atoms with Crippen LogP contribution in [-0.4, -0.2) is 24.1 Å². The van der Waals surface area contributed by atoms with Gasteiger partial charge in [-0.1, -0.05) is 0 Å². The molecule has 0 unspecified atom stereocenters. The number of rotatable bonds is 5. The van der Waals surface area contributed by atoms with Gasteiger partial charge in [-0.15, -0.1) is 11.3 Å². The SMILES string of the molecule is c1csc(NCCNC2CC2)n1. The van der Waals surface area contributed by atoms with E-state index in [-0.39, 0.29) is 0 Å². The second-order valence-electron chi connectivity index (χ2n) is 2.99. The zero-order chi connectivity index (χ0) is 8.23. The highest BCUT2D eigenvalue weighted by atomic mass is 32.1. The van der Waals surface area contributed by atoms with Crippen molar-refractivity contribution in [2.75, 3.05) is 18.4 Å². The molecular weight excluding hydrogens is 170 g/mol. The first-order chi connectivity index (χ1) is 5.95. The predicted octanol–water partition coefficient (Wildman–Crippen LogP) is 1.31. The Hall–Kier alpha value is -0.610. The summed E-state index contributed by atoms with van der Waals surface area (Å²) < 4.78 is 0. The van der Waals surface area contributed by atoms with Gasteiger partial charge in [0.1, 0.15) is 0 Å². The fourth-order valence-electron chi connectivity index (χ4n) is 1.04. The second kappa shape index (κ2) is 3.87. The number of aromatic nitrogens is 1. The zero-order valence-corrected chi connectivity index (χ0v) is 7.73. The van der Waals surface area contributed by atoms with Crippen LogP contribution in [0.4, 0.5) is 5.13 Å². The topological polar surface area (TPSA) is 37.0 Å². The van der Waals surface area contributed by atoms with Crippen LogP contribution in [0.5, 0.6) is 0 Å². The third-order valence-corrected chi connectivity index (χ3v) is 2.57. The highest BCUT2D eigenvalue weighted by Gasteiger charge is 2.19. The Morgan fingerprint density at radius 3 is 3.08 bits per heavy atom. The average Bonchev–Trinajstić information content (AvgIpc) is 2.76. The van der Waals surface area contributed by atoms with Crippen LogP contribution in [0.2, 0.25) is 0 Å². The van der Waals surface area contributed by atoms with Gasteiger partial charge in [0.05, 0.1) is 0 Å². The van der Waals surface area contributed by atoms with E-state index in [0.717, 1.165) is 24.3 Å². The summed E-state index contributed by atoms with van der Waals surface area (Å²) in [5.41, 5.74) is 0.